The SMILES string of the molecule is CNC(Cc1ccc2ccccc2c1)C(=O)O. The Balaban J connectivity index is 2.27. The molecule has 0 aliphatic rings. The van der Waals surface area contributed by atoms with Crippen LogP contribution < -0.4 is 5.32 Å². The lowest BCUT2D eigenvalue weighted by atomic mass is 10.0. The van der Waals surface area contributed by atoms with Crippen molar-refractivity contribution in [1.82, 2.24) is 5.32 Å². The van der Waals surface area contributed by atoms with Crippen LogP contribution in [0.2, 0.25) is 0 Å². The third-order valence-electron chi connectivity index (χ3n) is 2.90. The quantitative estimate of drug-likeness (QED) is 0.843. The van der Waals surface area contributed by atoms with E-state index in [2.05, 4.69) is 5.32 Å². The lowest BCUT2D eigenvalue weighted by Crippen LogP contribution is -2.35. The number of hydrogen-bond acceptors (Lipinski definition) is 2. The van der Waals surface area contributed by atoms with E-state index in [1.165, 1.54) is 5.39 Å². The molecular formula is C14H15NO2. The van der Waals surface area contributed by atoms with Crippen molar-refractivity contribution in [2.75, 3.05) is 7.05 Å². The summed E-state index contributed by atoms with van der Waals surface area (Å²) in [5.74, 6) is -0.819. The van der Waals surface area contributed by atoms with Crippen LogP contribution >= 0.6 is 0 Å². The second kappa shape index (κ2) is 4.97. The molecule has 0 spiro atoms. The van der Waals surface area contributed by atoms with Crippen LogP contribution in [-0.2, 0) is 11.2 Å². The molecule has 0 aliphatic heterocycles. The third kappa shape index (κ3) is 2.63. The van der Waals surface area contributed by atoms with Crippen LogP contribution in [-0.4, -0.2) is 24.2 Å². The number of likely N-dealkylation sites (N-methyl/N-ethyl adjacent to an activating group) is 1. The van der Waals surface area contributed by atoms with Gasteiger partial charge in [-0.05, 0) is 29.8 Å². The first-order chi connectivity index (χ1) is 8.20. The smallest absolute Gasteiger partial charge is 0.321 e. The van der Waals surface area contributed by atoms with Gasteiger partial charge in [0.2, 0.25) is 0 Å². The molecule has 0 amide bonds. The maximum atomic E-state index is 10.9. The van der Waals surface area contributed by atoms with Crippen molar-refractivity contribution in [1.29, 1.82) is 0 Å². The number of fused-ring (bicyclic) bond motifs is 1. The highest BCUT2D eigenvalue weighted by molar-refractivity contribution is 5.83. The number of carbonyl (C=O) groups is 1. The maximum Gasteiger partial charge on any atom is 0.321 e. The average Bonchev–Trinajstić information content (AvgIpc) is 2.35. The molecular weight excluding hydrogens is 214 g/mol. The van der Waals surface area contributed by atoms with E-state index in [0.29, 0.717) is 6.42 Å². The first-order valence-corrected chi connectivity index (χ1v) is 5.58. The van der Waals surface area contributed by atoms with Gasteiger partial charge in [-0.15, -0.1) is 0 Å². The standard InChI is InChI=1S/C14H15NO2/c1-15-13(14(16)17)9-10-6-7-11-4-2-3-5-12(11)8-10/h2-8,13,15H,9H2,1H3,(H,16,17). The molecule has 0 fully saturated rings. The van der Waals surface area contributed by atoms with E-state index in [1.807, 2.05) is 42.5 Å². The number of rotatable bonds is 4. The van der Waals surface area contributed by atoms with Gasteiger partial charge in [-0.1, -0.05) is 42.5 Å². The second-order valence-electron chi connectivity index (χ2n) is 4.07. The van der Waals surface area contributed by atoms with Gasteiger partial charge in [0.05, 0.1) is 0 Å². The highest BCUT2D eigenvalue weighted by Crippen LogP contribution is 2.16. The Hall–Kier alpha value is -1.87. The number of nitrogens with one attached hydrogen (secondary N) is 1. The summed E-state index contributed by atoms with van der Waals surface area (Å²) in [5, 5.41) is 14.1. The van der Waals surface area contributed by atoms with Gasteiger partial charge in [0.25, 0.3) is 0 Å². The molecule has 17 heavy (non-hydrogen) atoms. The zero-order chi connectivity index (χ0) is 12.3. The van der Waals surface area contributed by atoms with Crippen molar-refractivity contribution >= 4 is 16.7 Å². The highest BCUT2D eigenvalue weighted by atomic mass is 16.4. The van der Waals surface area contributed by atoms with E-state index >= 15 is 0 Å². The Morgan fingerprint density at radius 2 is 1.94 bits per heavy atom. The maximum absolute atomic E-state index is 10.9. The first-order valence-electron chi connectivity index (χ1n) is 5.58. The van der Waals surface area contributed by atoms with Gasteiger partial charge in [-0.2, -0.15) is 0 Å². The molecule has 0 bridgehead atoms. The van der Waals surface area contributed by atoms with E-state index < -0.39 is 12.0 Å². The number of aliphatic carboxylic acids is 1. The summed E-state index contributed by atoms with van der Waals surface area (Å²) < 4.78 is 0. The Morgan fingerprint density at radius 1 is 1.24 bits per heavy atom. The zero-order valence-corrected chi connectivity index (χ0v) is 9.68. The number of benzene rings is 2. The van der Waals surface area contributed by atoms with Crippen LogP contribution in [0.5, 0.6) is 0 Å². The minimum atomic E-state index is -0.819. The lowest BCUT2D eigenvalue weighted by molar-refractivity contribution is -0.139. The molecule has 1 atom stereocenters. The molecule has 0 aromatic heterocycles. The molecule has 0 saturated carbocycles. The average molecular weight is 229 g/mol. The molecule has 1 unspecified atom stereocenters. The van der Waals surface area contributed by atoms with Gasteiger partial charge in [0.1, 0.15) is 6.04 Å². The normalized spacial score (nSPS) is 12.5. The minimum absolute atomic E-state index is 0.497. The van der Waals surface area contributed by atoms with Crippen LogP contribution in [0.4, 0.5) is 0 Å². The summed E-state index contributed by atoms with van der Waals surface area (Å²) in [5.41, 5.74) is 1.03. The largest absolute Gasteiger partial charge is 0.480 e. The van der Waals surface area contributed by atoms with E-state index in [9.17, 15) is 4.79 Å². The summed E-state index contributed by atoms with van der Waals surface area (Å²) in [6.45, 7) is 0. The van der Waals surface area contributed by atoms with Crippen LogP contribution in [0, 0.1) is 0 Å². The van der Waals surface area contributed by atoms with Gasteiger partial charge in [-0.25, -0.2) is 0 Å². The van der Waals surface area contributed by atoms with Crippen LogP contribution in [0.3, 0.4) is 0 Å². The van der Waals surface area contributed by atoms with Gasteiger partial charge < -0.3 is 10.4 Å². The van der Waals surface area contributed by atoms with Gasteiger partial charge in [0, 0.05) is 0 Å². The molecule has 0 aliphatic carbocycles. The van der Waals surface area contributed by atoms with Crippen LogP contribution in [0.25, 0.3) is 10.8 Å². The van der Waals surface area contributed by atoms with Gasteiger partial charge >= 0.3 is 5.97 Å². The van der Waals surface area contributed by atoms with Crippen molar-refractivity contribution in [3.05, 3.63) is 48.0 Å². The topological polar surface area (TPSA) is 49.3 Å². The number of carboxylic acid groups (broad SMARTS) is 1. The monoisotopic (exact) mass is 229 g/mol. The highest BCUT2D eigenvalue weighted by Gasteiger charge is 2.15. The first kappa shape index (κ1) is 11.6. The van der Waals surface area contributed by atoms with Crippen molar-refractivity contribution in [3.8, 4) is 0 Å². The number of hydrogen-bond donors (Lipinski definition) is 2. The molecule has 2 rings (SSSR count). The Kier molecular flexibility index (Phi) is 3.40. The van der Waals surface area contributed by atoms with Gasteiger partial charge in [-0.3, -0.25) is 4.79 Å². The molecule has 2 aromatic carbocycles. The predicted molar refractivity (Wildman–Crippen MR) is 68.1 cm³/mol. The molecule has 0 radical (unpaired) electrons. The van der Waals surface area contributed by atoms with E-state index in [-0.39, 0.29) is 0 Å². The molecule has 2 aromatic rings. The predicted octanol–water partition coefficient (Wildman–Crippen LogP) is 2.05. The van der Waals surface area contributed by atoms with Crippen LogP contribution in [0.1, 0.15) is 5.56 Å². The van der Waals surface area contributed by atoms with E-state index in [4.69, 9.17) is 5.11 Å². The fraction of sp³-hybridized carbons (Fsp3) is 0.214. The minimum Gasteiger partial charge on any atom is -0.480 e. The Bertz CT molecular complexity index is 536. The molecule has 0 heterocycles. The van der Waals surface area contributed by atoms with E-state index in [1.54, 1.807) is 7.05 Å². The summed E-state index contributed by atoms with van der Waals surface area (Å²) >= 11 is 0. The van der Waals surface area contributed by atoms with Crippen molar-refractivity contribution in [2.45, 2.75) is 12.5 Å². The number of carboxylic acids is 1. The van der Waals surface area contributed by atoms with Gasteiger partial charge in [0.15, 0.2) is 0 Å². The Labute approximate surface area is 100 Å². The molecule has 3 heteroatoms. The van der Waals surface area contributed by atoms with E-state index in [0.717, 1.165) is 10.9 Å². The third-order valence-corrected chi connectivity index (χ3v) is 2.90. The van der Waals surface area contributed by atoms with Crippen molar-refractivity contribution in [3.63, 3.8) is 0 Å². The summed E-state index contributed by atoms with van der Waals surface area (Å²) in [6, 6.07) is 13.6. The summed E-state index contributed by atoms with van der Waals surface area (Å²) in [4.78, 5) is 10.9. The zero-order valence-electron chi connectivity index (χ0n) is 9.68. The lowest BCUT2D eigenvalue weighted by Gasteiger charge is -2.11. The molecule has 88 valence electrons. The molecule has 0 saturated heterocycles. The summed E-state index contributed by atoms with van der Waals surface area (Å²) in [6.07, 6.45) is 0.497. The van der Waals surface area contributed by atoms with Crippen molar-refractivity contribution in [2.24, 2.45) is 0 Å². The fourth-order valence-corrected chi connectivity index (χ4v) is 1.91. The summed E-state index contributed by atoms with van der Waals surface area (Å²) in [7, 11) is 1.67. The Morgan fingerprint density at radius 3 is 2.59 bits per heavy atom. The molecule has 3 nitrogen and oxygen atoms in total. The fourth-order valence-electron chi connectivity index (χ4n) is 1.91. The second-order valence-corrected chi connectivity index (χ2v) is 4.07. The van der Waals surface area contributed by atoms with Crippen molar-refractivity contribution < 1.29 is 9.90 Å². The van der Waals surface area contributed by atoms with Crippen LogP contribution in [0.15, 0.2) is 42.5 Å². The molecule has 2 N–H and O–H groups in total.